The van der Waals surface area contributed by atoms with Crippen LogP contribution in [0.3, 0.4) is 0 Å². The number of hydrogen-bond acceptors (Lipinski definition) is 4. The Bertz CT molecular complexity index is 785. The number of carbonyl (C=O) groups is 2. The Morgan fingerprint density at radius 1 is 1.11 bits per heavy atom. The number of piperidine rings is 1. The minimum absolute atomic E-state index is 0.110. The van der Waals surface area contributed by atoms with E-state index in [1.54, 1.807) is 0 Å². The molecule has 3 rings (SSSR count). The van der Waals surface area contributed by atoms with Crippen LogP contribution in [-0.2, 0) is 16.0 Å². The molecule has 0 spiro atoms. The number of likely N-dealkylation sites (N-methyl/N-ethyl adjacent to an activating group) is 1. The lowest BCUT2D eigenvalue weighted by atomic mass is 10.0. The van der Waals surface area contributed by atoms with Crippen LogP contribution in [0.1, 0.15) is 18.4 Å². The van der Waals surface area contributed by atoms with Crippen LogP contribution >= 0.6 is 0 Å². The van der Waals surface area contributed by atoms with Gasteiger partial charge in [-0.3, -0.25) is 4.79 Å². The molecule has 1 heterocycles. The summed E-state index contributed by atoms with van der Waals surface area (Å²) < 4.78 is 4.89. The first-order valence-corrected chi connectivity index (χ1v) is 9.48. The van der Waals surface area contributed by atoms with Crippen molar-refractivity contribution in [2.45, 2.75) is 25.3 Å². The van der Waals surface area contributed by atoms with Gasteiger partial charge in [0.2, 0.25) is 0 Å². The highest BCUT2D eigenvalue weighted by Crippen LogP contribution is 2.17. The van der Waals surface area contributed by atoms with E-state index in [1.807, 2.05) is 0 Å². The molecule has 2 amide bonds. The molecular formula is C21H27N3O3. The van der Waals surface area contributed by atoms with Crippen LogP contribution in [0.25, 0.3) is 10.8 Å². The second kappa shape index (κ2) is 9.37. The zero-order valence-corrected chi connectivity index (χ0v) is 15.7. The maximum Gasteiger partial charge on any atom is 0.407 e. The van der Waals surface area contributed by atoms with Crippen molar-refractivity contribution in [1.29, 1.82) is 0 Å². The van der Waals surface area contributed by atoms with E-state index < -0.39 is 6.09 Å². The molecule has 0 aliphatic carbocycles. The summed E-state index contributed by atoms with van der Waals surface area (Å²) in [5, 5.41) is 7.82. The monoisotopic (exact) mass is 369 g/mol. The molecule has 2 aromatic carbocycles. The first-order chi connectivity index (χ1) is 13.1. The van der Waals surface area contributed by atoms with Gasteiger partial charge in [-0.15, -0.1) is 0 Å². The van der Waals surface area contributed by atoms with Gasteiger partial charge in [0.1, 0.15) is 0 Å². The van der Waals surface area contributed by atoms with Crippen molar-refractivity contribution in [2.24, 2.45) is 0 Å². The molecule has 1 aliphatic heterocycles. The third kappa shape index (κ3) is 5.69. The Kier molecular flexibility index (Phi) is 6.65. The highest BCUT2D eigenvalue weighted by Gasteiger charge is 2.21. The smallest absolute Gasteiger partial charge is 0.407 e. The zero-order valence-electron chi connectivity index (χ0n) is 15.7. The number of fused-ring (bicyclic) bond motifs is 1. The van der Waals surface area contributed by atoms with E-state index in [2.05, 4.69) is 58.0 Å². The topological polar surface area (TPSA) is 70.7 Å². The summed E-state index contributed by atoms with van der Waals surface area (Å²) in [7, 11) is 1.51. The molecule has 144 valence electrons. The Hall–Kier alpha value is -2.60. The number of benzene rings is 2. The van der Waals surface area contributed by atoms with Crippen LogP contribution < -0.4 is 10.6 Å². The average Bonchev–Trinajstić information content (AvgIpc) is 2.71. The van der Waals surface area contributed by atoms with E-state index in [9.17, 15) is 9.59 Å². The molecule has 0 atom stereocenters. The third-order valence-corrected chi connectivity index (χ3v) is 5.05. The number of nitrogens with zero attached hydrogens (tertiary/aromatic N) is 1. The van der Waals surface area contributed by atoms with Gasteiger partial charge in [-0.05, 0) is 35.6 Å². The van der Waals surface area contributed by atoms with Crippen molar-refractivity contribution in [1.82, 2.24) is 15.5 Å². The molecule has 1 aliphatic rings. The summed E-state index contributed by atoms with van der Waals surface area (Å²) in [6.45, 7) is 2.68. The van der Waals surface area contributed by atoms with Gasteiger partial charge in [-0.25, -0.2) is 4.79 Å². The molecule has 0 bridgehead atoms. The number of nitrogens with one attached hydrogen (secondary N) is 2. The van der Waals surface area contributed by atoms with Crippen molar-refractivity contribution >= 4 is 22.8 Å². The van der Waals surface area contributed by atoms with Crippen LogP contribution in [0.2, 0.25) is 0 Å². The van der Waals surface area contributed by atoms with Gasteiger partial charge in [0, 0.05) is 32.7 Å². The fourth-order valence-electron chi connectivity index (χ4n) is 3.39. The van der Waals surface area contributed by atoms with E-state index in [0.717, 1.165) is 38.9 Å². The van der Waals surface area contributed by atoms with Crippen molar-refractivity contribution in [3.05, 3.63) is 48.0 Å². The minimum Gasteiger partial charge on any atom is -0.439 e. The number of carbonyl (C=O) groups excluding carboxylic acids is 2. The third-order valence-electron chi connectivity index (χ3n) is 5.05. The fraction of sp³-hybridized carbons (Fsp3) is 0.429. The first kappa shape index (κ1) is 19.2. The van der Waals surface area contributed by atoms with Gasteiger partial charge in [-0.2, -0.15) is 0 Å². The molecule has 6 heteroatoms. The molecule has 0 saturated carbocycles. The maximum atomic E-state index is 11.7. The quantitative estimate of drug-likeness (QED) is 0.820. The van der Waals surface area contributed by atoms with Crippen LogP contribution in [0.4, 0.5) is 4.79 Å². The molecule has 27 heavy (non-hydrogen) atoms. The van der Waals surface area contributed by atoms with Crippen molar-refractivity contribution in [3.8, 4) is 0 Å². The summed E-state index contributed by atoms with van der Waals surface area (Å²) in [5.41, 5.74) is 1.35. The van der Waals surface area contributed by atoms with E-state index in [0.29, 0.717) is 0 Å². The molecule has 0 aromatic heterocycles. The Balaban J connectivity index is 1.39. The number of hydrogen-bond donors (Lipinski definition) is 2. The van der Waals surface area contributed by atoms with Gasteiger partial charge >= 0.3 is 6.09 Å². The Morgan fingerprint density at radius 2 is 1.85 bits per heavy atom. The summed E-state index contributed by atoms with van der Waals surface area (Å²) in [5.74, 6) is -0.311. The predicted octanol–water partition coefficient (Wildman–Crippen LogP) is 2.32. The van der Waals surface area contributed by atoms with E-state index in [1.165, 1.54) is 23.4 Å². The first-order valence-electron chi connectivity index (χ1n) is 9.48. The largest absolute Gasteiger partial charge is 0.439 e. The van der Waals surface area contributed by atoms with Crippen LogP contribution in [0, 0.1) is 0 Å². The van der Waals surface area contributed by atoms with E-state index in [-0.39, 0.29) is 18.6 Å². The number of likely N-dealkylation sites (tertiary alicyclic amines) is 1. The van der Waals surface area contributed by atoms with Crippen molar-refractivity contribution in [2.75, 3.05) is 33.3 Å². The molecule has 2 N–H and O–H groups in total. The number of amides is 2. The zero-order chi connectivity index (χ0) is 19.1. The summed E-state index contributed by atoms with van der Waals surface area (Å²) in [4.78, 5) is 25.2. The van der Waals surface area contributed by atoms with E-state index in [4.69, 9.17) is 4.74 Å². The second-order valence-electron chi connectivity index (χ2n) is 6.94. The lowest BCUT2D eigenvalue weighted by Crippen LogP contribution is -2.45. The molecule has 1 fully saturated rings. The SMILES string of the molecule is CNC(=O)COC(=O)NC1CCN(CCc2ccc3ccccc3c2)CC1. The average molecular weight is 369 g/mol. The fourth-order valence-corrected chi connectivity index (χ4v) is 3.39. The van der Waals surface area contributed by atoms with Gasteiger partial charge < -0.3 is 20.3 Å². The van der Waals surface area contributed by atoms with Gasteiger partial charge in [0.05, 0.1) is 0 Å². The number of ether oxygens (including phenoxy) is 1. The number of rotatable bonds is 6. The molecule has 6 nitrogen and oxygen atoms in total. The van der Waals surface area contributed by atoms with Crippen LogP contribution in [-0.4, -0.2) is 56.2 Å². The lowest BCUT2D eigenvalue weighted by Gasteiger charge is -2.32. The Morgan fingerprint density at radius 3 is 2.59 bits per heavy atom. The van der Waals surface area contributed by atoms with Crippen molar-refractivity contribution < 1.29 is 14.3 Å². The summed E-state index contributed by atoms with van der Waals surface area (Å²) in [6, 6.07) is 15.2. The lowest BCUT2D eigenvalue weighted by molar-refractivity contribution is -0.123. The molecule has 0 radical (unpaired) electrons. The maximum absolute atomic E-state index is 11.7. The molecule has 0 unspecified atom stereocenters. The minimum atomic E-state index is -0.520. The second-order valence-corrected chi connectivity index (χ2v) is 6.94. The predicted molar refractivity (Wildman–Crippen MR) is 106 cm³/mol. The van der Waals surface area contributed by atoms with Gasteiger partial charge in [0.15, 0.2) is 6.61 Å². The molecule has 2 aromatic rings. The standard InChI is InChI=1S/C21H27N3O3/c1-22-20(25)15-27-21(26)23-19-9-12-24(13-10-19)11-8-16-6-7-17-4-2-3-5-18(17)14-16/h2-7,14,19H,8-13,15H2,1H3,(H,22,25)(H,23,26). The highest BCUT2D eigenvalue weighted by atomic mass is 16.6. The summed E-state index contributed by atoms with van der Waals surface area (Å²) in [6.07, 6.45) is 2.30. The van der Waals surface area contributed by atoms with Crippen molar-refractivity contribution in [3.63, 3.8) is 0 Å². The van der Waals surface area contributed by atoms with Gasteiger partial charge in [-0.1, -0.05) is 42.5 Å². The van der Waals surface area contributed by atoms with Gasteiger partial charge in [0.25, 0.3) is 5.91 Å². The normalized spacial score (nSPS) is 15.4. The van der Waals surface area contributed by atoms with E-state index >= 15 is 0 Å². The molecular weight excluding hydrogens is 342 g/mol. The highest BCUT2D eigenvalue weighted by molar-refractivity contribution is 5.83. The number of alkyl carbamates (subject to hydrolysis) is 1. The summed E-state index contributed by atoms with van der Waals surface area (Å²) >= 11 is 0. The Labute approximate surface area is 159 Å². The molecule has 1 saturated heterocycles. The van der Waals surface area contributed by atoms with Crippen LogP contribution in [0.5, 0.6) is 0 Å². The van der Waals surface area contributed by atoms with Crippen LogP contribution in [0.15, 0.2) is 42.5 Å².